The minimum absolute atomic E-state index is 0.0143. The van der Waals surface area contributed by atoms with Gasteiger partial charge in [0.25, 0.3) is 0 Å². The van der Waals surface area contributed by atoms with Gasteiger partial charge < -0.3 is 20.4 Å². The van der Waals surface area contributed by atoms with Crippen molar-refractivity contribution in [1.82, 2.24) is 10.2 Å². The van der Waals surface area contributed by atoms with Crippen LogP contribution in [0.2, 0.25) is 0 Å². The Labute approximate surface area is 156 Å². The van der Waals surface area contributed by atoms with Gasteiger partial charge in [-0.1, -0.05) is 6.07 Å². The van der Waals surface area contributed by atoms with Crippen molar-refractivity contribution >= 4 is 23.2 Å². The molecule has 138 valence electrons. The third-order valence-corrected chi connectivity index (χ3v) is 5.52. The lowest BCUT2D eigenvalue weighted by molar-refractivity contribution is -0.134. The Morgan fingerprint density at radius 1 is 1.15 bits per heavy atom. The molecule has 2 amide bonds. The first-order valence-corrected chi connectivity index (χ1v) is 9.51. The molecule has 1 aromatic heterocycles. The number of nitrogens with one attached hydrogen (secondary N) is 1. The lowest BCUT2D eigenvalue weighted by atomic mass is 10.1. The van der Waals surface area contributed by atoms with Gasteiger partial charge in [-0.25, -0.2) is 0 Å². The van der Waals surface area contributed by atoms with Crippen molar-refractivity contribution in [3.05, 3.63) is 45.6 Å². The molecule has 1 aliphatic heterocycles. The van der Waals surface area contributed by atoms with Crippen LogP contribution >= 0.6 is 11.3 Å². The minimum Gasteiger partial charge on any atom is -0.504 e. The summed E-state index contributed by atoms with van der Waals surface area (Å²) in [5.41, 5.74) is 2.03. The van der Waals surface area contributed by atoms with Gasteiger partial charge in [0.2, 0.25) is 11.8 Å². The van der Waals surface area contributed by atoms with Crippen LogP contribution in [0.25, 0.3) is 0 Å². The zero-order valence-corrected chi connectivity index (χ0v) is 15.2. The number of hydrogen-bond acceptors (Lipinski definition) is 5. The summed E-state index contributed by atoms with van der Waals surface area (Å²) in [5.74, 6) is -0.478. The molecule has 6 nitrogen and oxygen atoms in total. The van der Waals surface area contributed by atoms with Gasteiger partial charge in [0.05, 0.1) is 0 Å². The molecule has 1 aromatic carbocycles. The quantitative estimate of drug-likeness (QED) is 0.676. The van der Waals surface area contributed by atoms with Crippen LogP contribution in [0.5, 0.6) is 11.5 Å². The van der Waals surface area contributed by atoms with Gasteiger partial charge in [-0.05, 0) is 47.5 Å². The van der Waals surface area contributed by atoms with Crippen LogP contribution in [0.15, 0.2) is 29.6 Å². The van der Waals surface area contributed by atoms with E-state index in [1.54, 1.807) is 17.4 Å². The molecule has 0 fully saturated rings. The molecule has 7 heteroatoms. The molecule has 0 atom stereocenters. The number of phenols is 2. The van der Waals surface area contributed by atoms with Gasteiger partial charge in [0, 0.05) is 37.4 Å². The number of carbonyl (C=O) groups excluding carboxylic acids is 2. The number of aromatic hydroxyl groups is 2. The number of thiophene rings is 1. The maximum absolute atomic E-state index is 12.3. The second-order valence-corrected chi connectivity index (χ2v) is 7.36. The fourth-order valence-electron chi connectivity index (χ4n) is 3.00. The SMILES string of the molecule is O=C(CCC(=O)N1CCc2sccc2C1)NCCc1ccc(O)c(O)c1. The summed E-state index contributed by atoms with van der Waals surface area (Å²) in [4.78, 5) is 27.4. The predicted molar refractivity (Wildman–Crippen MR) is 99.2 cm³/mol. The summed E-state index contributed by atoms with van der Waals surface area (Å²) in [6.07, 6.45) is 1.82. The number of amides is 2. The summed E-state index contributed by atoms with van der Waals surface area (Å²) < 4.78 is 0. The lowest BCUT2D eigenvalue weighted by Crippen LogP contribution is -2.36. The fraction of sp³-hybridized carbons (Fsp3) is 0.368. The van der Waals surface area contributed by atoms with Crippen LogP contribution in [0, 0.1) is 0 Å². The molecule has 0 aliphatic carbocycles. The molecule has 0 bridgehead atoms. The average Bonchev–Trinajstić information content (AvgIpc) is 3.10. The van der Waals surface area contributed by atoms with Gasteiger partial charge in [-0.2, -0.15) is 0 Å². The van der Waals surface area contributed by atoms with E-state index in [2.05, 4.69) is 16.8 Å². The third kappa shape index (κ3) is 4.54. The molecule has 26 heavy (non-hydrogen) atoms. The van der Waals surface area contributed by atoms with Crippen molar-refractivity contribution in [2.45, 2.75) is 32.2 Å². The molecular formula is C19H22N2O4S. The first-order valence-electron chi connectivity index (χ1n) is 8.63. The molecule has 0 saturated carbocycles. The molecule has 3 N–H and O–H groups in total. The second-order valence-electron chi connectivity index (χ2n) is 6.36. The van der Waals surface area contributed by atoms with Crippen molar-refractivity contribution < 1.29 is 19.8 Å². The molecule has 3 rings (SSSR count). The molecule has 2 heterocycles. The van der Waals surface area contributed by atoms with Crippen LogP contribution in [0.4, 0.5) is 0 Å². The van der Waals surface area contributed by atoms with E-state index in [4.69, 9.17) is 0 Å². The lowest BCUT2D eigenvalue weighted by Gasteiger charge is -2.27. The van der Waals surface area contributed by atoms with E-state index in [1.807, 2.05) is 4.90 Å². The van der Waals surface area contributed by atoms with Crippen molar-refractivity contribution in [3.63, 3.8) is 0 Å². The number of phenolic OH excluding ortho intramolecular Hbond substituents is 2. The first kappa shape index (κ1) is 18.3. The van der Waals surface area contributed by atoms with Crippen molar-refractivity contribution in [3.8, 4) is 11.5 Å². The summed E-state index contributed by atoms with van der Waals surface area (Å²) >= 11 is 1.73. The summed E-state index contributed by atoms with van der Waals surface area (Å²) in [7, 11) is 0. The zero-order chi connectivity index (χ0) is 18.5. The number of benzene rings is 1. The third-order valence-electron chi connectivity index (χ3n) is 4.50. The van der Waals surface area contributed by atoms with Crippen LogP contribution in [-0.2, 0) is 29.0 Å². The van der Waals surface area contributed by atoms with Crippen molar-refractivity contribution in [2.24, 2.45) is 0 Å². The van der Waals surface area contributed by atoms with Crippen LogP contribution in [-0.4, -0.2) is 40.0 Å². The highest BCUT2D eigenvalue weighted by molar-refractivity contribution is 7.10. The van der Waals surface area contributed by atoms with E-state index >= 15 is 0 Å². The van der Waals surface area contributed by atoms with E-state index < -0.39 is 0 Å². The zero-order valence-electron chi connectivity index (χ0n) is 14.4. The highest BCUT2D eigenvalue weighted by Gasteiger charge is 2.21. The number of fused-ring (bicyclic) bond motifs is 1. The maximum atomic E-state index is 12.3. The largest absolute Gasteiger partial charge is 0.504 e. The Kier molecular flexibility index (Phi) is 5.78. The van der Waals surface area contributed by atoms with Crippen LogP contribution in [0.3, 0.4) is 0 Å². The van der Waals surface area contributed by atoms with E-state index in [-0.39, 0.29) is 36.2 Å². The predicted octanol–water partition coefficient (Wildman–Crippen LogP) is 2.18. The molecule has 0 saturated heterocycles. The van der Waals surface area contributed by atoms with Crippen molar-refractivity contribution in [1.29, 1.82) is 0 Å². The van der Waals surface area contributed by atoms with Gasteiger partial charge >= 0.3 is 0 Å². The van der Waals surface area contributed by atoms with E-state index in [9.17, 15) is 19.8 Å². The number of hydrogen-bond donors (Lipinski definition) is 3. The standard InChI is InChI=1S/C19H22N2O4S/c22-15-2-1-13(11-16(15)23)5-8-20-18(24)3-4-19(25)21-9-6-17-14(12-21)7-10-26-17/h1-2,7,10-11,22-23H,3-6,8-9,12H2,(H,20,24). The molecule has 0 spiro atoms. The molecular weight excluding hydrogens is 352 g/mol. The Hall–Kier alpha value is -2.54. The Morgan fingerprint density at radius 2 is 2.00 bits per heavy atom. The second kappa shape index (κ2) is 8.23. The van der Waals surface area contributed by atoms with Crippen LogP contribution in [0.1, 0.15) is 28.8 Å². The Bertz CT molecular complexity index is 803. The number of carbonyl (C=O) groups is 2. The fourth-order valence-corrected chi connectivity index (χ4v) is 3.89. The number of nitrogens with zero attached hydrogens (tertiary/aromatic N) is 1. The number of rotatable bonds is 6. The Balaban J connectivity index is 1.37. The summed E-state index contributed by atoms with van der Waals surface area (Å²) in [6.45, 7) is 1.78. The first-order chi connectivity index (χ1) is 12.5. The highest BCUT2D eigenvalue weighted by atomic mass is 32.1. The summed E-state index contributed by atoms with van der Waals surface area (Å²) in [5, 5.41) is 23.6. The normalized spacial score (nSPS) is 13.3. The van der Waals surface area contributed by atoms with Gasteiger partial charge in [0.1, 0.15) is 0 Å². The Morgan fingerprint density at radius 3 is 2.81 bits per heavy atom. The molecule has 1 aliphatic rings. The topological polar surface area (TPSA) is 89.9 Å². The highest BCUT2D eigenvalue weighted by Crippen LogP contribution is 2.25. The molecule has 2 aromatic rings. The van der Waals surface area contributed by atoms with Gasteiger partial charge in [-0.15, -0.1) is 11.3 Å². The average molecular weight is 374 g/mol. The van der Waals surface area contributed by atoms with E-state index in [0.717, 1.165) is 18.5 Å². The van der Waals surface area contributed by atoms with E-state index in [1.165, 1.54) is 22.6 Å². The molecule has 0 unspecified atom stereocenters. The van der Waals surface area contributed by atoms with Gasteiger partial charge in [0.15, 0.2) is 11.5 Å². The maximum Gasteiger partial charge on any atom is 0.223 e. The van der Waals surface area contributed by atoms with Crippen LogP contribution < -0.4 is 5.32 Å². The monoisotopic (exact) mass is 374 g/mol. The smallest absolute Gasteiger partial charge is 0.223 e. The van der Waals surface area contributed by atoms with Gasteiger partial charge in [-0.3, -0.25) is 9.59 Å². The minimum atomic E-state index is -0.172. The molecule has 0 radical (unpaired) electrons. The van der Waals surface area contributed by atoms with Crippen molar-refractivity contribution in [2.75, 3.05) is 13.1 Å². The summed E-state index contributed by atoms with van der Waals surface area (Å²) in [6, 6.07) is 6.65. The van der Waals surface area contributed by atoms with E-state index in [0.29, 0.717) is 19.5 Å².